The molecule has 1 fully saturated rings. The lowest BCUT2D eigenvalue weighted by atomic mass is 10.2. The number of benzene rings is 1. The maximum atomic E-state index is 12.1. The second-order valence-electron chi connectivity index (χ2n) is 4.48. The standard InChI is InChI=1S/C14H17NO6/c1-19-14(18)12-8-15(6-7-20-12)13(17)9-21-11-5-3-2-4-10(11)16/h2-5,12,16H,6-9H2,1H3. The Morgan fingerprint density at radius 1 is 1.43 bits per heavy atom. The van der Waals surface area contributed by atoms with E-state index in [1.165, 1.54) is 18.1 Å². The quantitative estimate of drug-likeness (QED) is 0.797. The fourth-order valence-corrected chi connectivity index (χ4v) is 1.96. The average Bonchev–Trinajstić information content (AvgIpc) is 2.53. The summed E-state index contributed by atoms with van der Waals surface area (Å²) in [7, 11) is 1.27. The van der Waals surface area contributed by atoms with Crippen LogP contribution in [0.1, 0.15) is 0 Å². The van der Waals surface area contributed by atoms with Crippen LogP contribution in [0.5, 0.6) is 11.5 Å². The van der Waals surface area contributed by atoms with Gasteiger partial charge in [0.25, 0.3) is 5.91 Å². The summed E-state index contributed by atoms with van der Waals surface area (Å²) in [5.41, 5.74) is 0. The van der Waals surface area contributed by atoms with Crippen LogP contribution in [-0.2, 0) is 19.1 Å². The Hall–Kier alpha value is -2.28. The molecule has 1 aromatic carbocycles. The lowest BCUT2D eigenvalue weighted by molar-refractivity contribution is -0.163. The molecule has 114 valence electrons. The van der Waals surface area contributed by atoms with E-state index in [4.69, 9.17) is 9.47 Å². The summed E-state index contributed by atoms with van der Waals surface area (Å²) in [6, 6.07) is 6.40. The van der Waals surface area contributed by atoms with Crippen LogP contribution in [0.2, 0.25) is 0 Å². The number of aromatic hydroxyl groups is 1. The number of morpholine rings is 1. The predicted molar refractivity (Wildman–Crippen MR) is 71.9 cm³/mol. The first kappa shape index (κ1) is 15.1. The maximum Gasteiger partial charge on any atom is 0.336 e. The Morgan fingerprint density at radius 3 is 2.90 bits per heavy atom. The van der Waals surface area contributed by atoms with Crippen LogP contribution in [0.25, 0.3) is 0 Å². The van der Waals surface area contributed by atoms with Crippen LogP contribution in [0.15, 0.2) is 24.3 Å². The molecule has 1 aliphatic rings. The van der Waals surface area contributed by atoms with Crippen LogP contribution in [0, 0.1) is 0 Å². The maximum absolute atomic E-state index is 12.1. The van der Waals surface area contributed by atoms with Gasteiger partial charge in [0.2, 0.25) is 0 Å². The van der Waals surface area contributed by atoms with Gasteiger partial charge in [0.15, 0.2) is 24.2 Å². The van der Waals surface area contributed by atoms with Crippen molar-refractivity contribution < 1.29 is 28.9 Å². The van der Waals surface area contributed by atoms with Crippen molar-refractivity contribution in [2.24, 2.45) is 0 Å². The number of ether oxygens (including phenoxy) is 3. The number of nitrogens with zero attached hydrogens (tertiary/aromatic N) is 1. The molecule has 1 atom stereocenters. The van der Waals surface area contributed by atoms with Gasteiger partial charge in [0, 0.05) is 6.54 Å². The normalized spacial score (nSPS) is 18.1. The molecule has 1 amide bonds. The van der Waals surface area contributed by atoms with E-state index in [1.54, 1.807) is 18.2 Å². The molecule has 1 aliphatic heterocycles. The molecular weight excluding hydrogens is 278 g/mol. The zero-order chi connectivity index (χ0) is 15.2. The van der Waals surface area contributed by atoms with E-state index in [1.807, 2.05) is 0 Å². The topological polar surface area (TPSA) is 85.3 Å². The number of carbonyl (C=O) groups excluding carboxylic acids is 2. The van der Waals surface area contributed by atoms with Crippen LogP contribution < -0.4 is 4.74 Å². The van der Waals surface area contributed by atoms with E-state index in [0.717, 1.165) is 0 Å². The Balaban J connectivity index is 1.88. The van der Waals surface area contributed by atoms with E-state index < -0.39 is 12.1 Å². The van der Waals surface area contributed by atoms with E-state index in [0.29, 0.717) is 6.54 Å². The van der Waals surface area contributed by atoms with Crippen molar-refractivity contribution in [3.8, 4) is 11.5 Å². The summed E-state index contributed by atoms with van der Waals surface area (Å²) in [5, 5.41) is 9.55. The molecule has 0 aromatic heterocycles. The third kappa shape index (κ3) is 3.85. The van der Waals surface area contributed by atoms with E-state index in [9.17, 15) is 14.7 Å². The Bertz CT molecular complexity index is 518. The molecule has 1 heterocycles. The fraction of sp³-hybridized carbons (Fsp3) is 0.429. The predicted octanol–water partition coefficient (Wildman–Crippen LogP) is 0.171. The highest BCUT2D eigenvalue weighted by Crippen LogP contribution is 2.24. The van der Waals surface area contributed by atoms with Gasteiger partial charge in [-0.15, -0.1) is 0 Å². The van der Waals surface area contributed by atoms with Gasteiger partial charge in [-0.25, -0.2) is 4.79 Å². The number of phenols is 1. The third-order valence-corrected chi connectivity index (χ3v) is 3.10. The van der Waals surface area contributed by atoms with Crippen molar-refractivity contribution in [1.29, 1.82) is 0 Å². The van der Waals surface area contributed by atoms with Crippen molar-refractivity contribution in [1.82, 2.24) is 4.90 Å². The minimum Gasteiger partial charge on any atom is -0.504 e. The number of rotatable bonds is 4. The molecular formula is C14H17NO6. The number of para-hydroxylation sites is 2. The molecule has 0 aliphatic carbocycles. The van der Waals surface area contributed by atoms with Crippen molar-refractivity contribution in [3.05, 3.63) is 24.3 Å². The van der Waals surface area contributed by atoms with Gasteiger partial charge >= 0.3 is 5.97 Å². The van der Waals surface area contributed by atoms with Gasteiger partial charge < -0.3 is 24.2 Å². The summed E-state index contributed by atoms with van der Waals surface area (Å²) in [6.07, 6.45) is -0.766. The number of phenolic OH excluding ortho intramolecular Hbond substituents is 1. The van der Waals surface area contributed by atoms with Gasteiger partial charge in [-0.3, -0.25) is 4.79 Å². The Kier molecular flexibility index (Phi) is 4.99. The Morgan fingerprint density at radius 2 is 2.19 bits per heavy atom. The van der Waals surface area contributed by atoms with Gasteiger partial charge in [0.1, 0.15) is 0 Å². The number of esters is 1. The summed E-state index contributed by atoms with van der Waals surface area (Å²) in [4.78, 5) is 24.9. The van der Waals surface area contributed by atoms with Crippen LogP contribution in [-0.4, -0.2) is 61.4 Å². The molecule has 7 heteroatoms. The van der Waals surface area contributed by atoms with Crippen LogP contribution >= 0.6 is 0 Å². The lowest BCUT2D eigenvalue weighted by Gasteiger charge is -2.31. The highest BCUT2D eigenvalue weighted by Gasteiger charge is 2.30. The van der Waals surface area contributed by atoms with Crippen LogP contribution in [0.4, 0.5) is 0 Å². The molecule has 1 aromatic rings. The molecule has 1 saturated heterocycles. The van der Waals surface area contributed by atoms with Gasteiger partial charge in [-0.2, -0.15) is 0 Å². The molecule has 1 unspecified atom stereocenters. The van der Waals surface area contributed by atoms with E-state index >= 15 is 0 Å². The SMILES string of the molecule is COC(=O)C1CN(C(=O)COc2ccccc2O)CCO1. The lowest BCUT2D eigenvalue weighted by Crippen LogP contribution is -2.50. The molecule has 0 radical (unpaired) electrons. The molecule has 21 heavy (non-hydrogen) atoms. The summed E-state index contributed by atoms with van der Waals surface area (Å²) in [5.74, 6) is -0.576. The first-order chi connectivity index (χ1) is 10.1. The van der Waals surface area contributed by atoms with Crippen molar-refractivity contribution in [2.75, 3.05) is 33.4 Å². The number of carbonyl (C=O) groups is 2. The zero-order valence-electron chi connectivity index (χ0n) is 11.7. The Labute approximate surface area is 122 Å². The molecule has 1 N–H and O–H groups in total. The van der Waals surface area contributed by atoms with E-state index in [2.05, 4.69) is 4.74 Å². The molecule has 2 rings (SSSR count). The minimum atomic E-state index is -0.766. The molecule has 7 nitrogen and oxygen atoms in total. The summed E-state index contributed by atoms with van der Waals surface area (Å²) in [6.45, 7) is 0.569. The molecule has 0 spiro atoms. The van der Waals surface area contributed by atoms with Gasteiger partial charge in [-0.1, -0.05) is 12.1 Å². The number of hydrogen-bond acceptors (Lipinski definition) is 6. The van der Waals surface area contributed by atoms with Crippen LogP contribution in [0.3, 0.4) is 0 Å². The summed E-state index contributed by atoms with van der Waals surface area (Å²) >= 11 is 0. The first-order valence-corrected chi connectivity index (χ1v) is 6.50. The van der Waals surface area contributed by atoms with Crippen molar-refractivity contribution >= 4 is 11.9 Å². The highest BCUT2D eigenvalue weighted by molar-refractivity contribution is 5.80. The highest BCUT2D eigenvalue weighted by atomic mass is 16.6. The average molecular weight is 295 g/mol. The minimum absolute atomic E-state index is 0.0280. The molecule has 0 saturated carbocycles. The smallest absolute Gasteiger partial charge is 0.336 e. The zero-order valence-corrected chi connectivity index (χ0v) is 11.7. The second kappa shape index (κ2) is 6.94. The van der Waals surface area contributed by atoms with Gasteiger partial charge in [0.05, 0.1) is 20.3 Å². The number of methoxy groups -OCH3 is 1. The largest absolute Gasteiger partial charge is 0.504 e. The summed E-state index contributed by atoms with van der Waals surface area (Å²) < 4.78 is 15.1. The van der Waals surface area contributed by atoms with Crippen molar-refractivity contribution in [2.45, 2.75) is 6.10 Å². The third-order valence-electron chi connectivity index (χ3n) is 3.10. The number of amides is 1. The first-order valence-electron chi connectivity index (χ1n) is 6.50. The van der Waals surface area contributed by atoms with Gasteiger partial charge in [-0.05, 0) is 12.1 Å². The monoisotopic (exact) mass is 295 g/mol. The molecule has 0 bridgehead atoms. The van der Waals surface area contributed by atoms with Crippen molar-refractivity contribution in [3.63, 3.8) is 0 Å². The fourth-order valence-electron chi connectivity index (χ4n) is 1.96. The van der Waals surface area contributed by atoms with E-state index in [-0.39, 0.29) is 37.2 Å². The number of hydrogen-bond donors (Lipinski definition) is 1. The second-order valence-corrected chi connectivity index (χ2v) is 4.48.